The van der Waals surface area contributed by atoms with Gasteiger partial charge in [0.1, 0.15) is 5.69 Å². The molecule has 0 unspecified atom stereocenters. The highest BCUT2D eigenvalue weighted by atomic mass is 35.5. The van der Waals surface area contributed by atoms with Crippen LogP contribution in [0.2, 0.25) is 10.0 Å². The number of aryl methyl sites for hydroxylation is 2. The number of hydrogen-bond donors (Lipinski definition) is 0. The zero-order valence-electron chi connectivity index (χ0n) is 14.4. The molecule has 1 aromatic carbocycles. The molecule has 2 aromatic heterocycles. The van der Waals surface area contributed by atoms with Gasteiger partial charge < -0.3 is 9.42 Å². The number of amides is 1. The Bertz CT molecular complexity index is 1060. The van der Waals surface area contributed by atoms with Crippen molar-refractivity contribution in [1.82, 2.24) is 19.8 Å². The van der Waals surface area contributed by atoms with Gasteiger partial charge in [-0.3, -0.25) is 9.48 Å². The highest BCUT2D eigenvalue weighted by Crippen LogP contribution is 2.35. The van der Waals surface area contributed by atoms with Gasteiger partial charge in [0.2, 0.25) is 0 Å². The van der Waals surface area contributed by atoms with Crippen molar-refractivity contribution < 1.29 is 9.32 Å². The lowest BCUT2D eigenvalue weighted by molar-refractivity contribution is 0.0734. The summed E-state index contributed by atoms with van der Waals surface area (Å²) in [4.78, 5) is 14.8. The van der Waals surface area contributed by atoms with Gasteiger partial charge in [-0.05, 0) is 31.0 Å². The third-order valence-corrected chi connectivity index (χ3v) is 5.97. The molecule has 138 valence electrons. The van der Waals surface area contributed by atoms with Gasteiger partial charge in [-0.1, -0.05) is 28.4 Å². The minimum absolute atomic E-state index is 0.0643. The number of benzene rings is 1. The van der Waals surface area contributed by atoms with Crippen molar-refractivity contribution in [2.24, 2.45) is 0 Å². The maximum atomic E-state index is 13.0. The van der Waals surface area contributed by atoms with Crippen LogP contribution in [0.25, 0.3) is 11.5 Å². The van der Waals surface area contributed by atoms with E-state index in [1.54, 1.807) is 24.4 Å². The number of rotatable bonds is 1. The Hall–Kier alpha value is -2.31. The average Bonchev–Trinajstić information content (AvgIpc) is 3.23. The second kappa shape index (κ2) is 6.39. The largest absolute Gasteiger partial charge is 0.354 e. The molecule has 3 aromatic rings. The topological polar surface area (TPSA) is 64.2 Å². The summed E-state index contributed by atoms with van der Waals surface area (Å²) in [6, 6.07) is 4.98. The van der Waals surface area contributed by atoms with E-state index in [9.17, 15) is 4.79 Å². The van der Waals surface area contributed by atoms with Crippen LogP contribution in [-0.2, 0) is 25.9 Å². The van der Waals surface area contributed by atoms with E-state index in [2.05, 4.69) is 5.16 Å². The molecule has 0 radical (unpaired) electrons. The van der Waals surface area contributed by atoms with E-state index in [0.717, 1.165) is 47.7 Å². The van der Waals surface area contributed by atoms with E-state index in [-0.39, 0.29) is 5.91 Å². The lowest BCUT2D eigenvalue weighted by Gasteiger charge is -2.27. The molecule has 0 aliphatic carbocycles. The Morgan fingerprint density at radius 3 is 2.89 bits per heavy atom. The molecule has 8 heteroatoms. The monoisotopic (exact) mass is 402 g/mol. The van der Waals surface area contributed by atoms with Gasteiger partial charge in [-0.15, -0.1) is 0 Å². The van der Waals surface area contributed by atoms with Gasteiger partial charge in [0.25, 0.3) is 5.91 Å². The SMILES string of the molecule is O=C(c1ccc(Cl)c(Cl)c1)N1CCc2nn3c(c2C1)-c1oncc1CCC3. The van der Waals surface area contributed by atoms with Crippen molar-refractivity contribution in [1.29, 1.82) is 0 Å². The Kier molecular flexibility index (Phi) is 3.98. The first-order valence-electron chi connectivity index (χ1n) is 8.88. The number of hydrogen-bond acceptors (Lipinski definition) is 4. The van der Waals surface area contributed by atoms with Crippen LogP contribution in [0.3, 0.4) is 0 Å². The first-order valence-corrected chi connectivity index (χ1v) is 9.64. The van der Waals surface area contributed by atoms with Crippen LogP contribution in [0.15, 0.2) is 28.9 Å². The molecule has 0 fully saturated rings. The number of halogens is 2. The molecule has 0 spiro atoms. The molecule has 0 saturated carbocycles. The van der Waals surface area contributed by atoms with E-state index in [0.29, 0.717) is 35.1 Å². The second-order valence-corrected chi connectivity index (χ2v) is 7.70. The molecular weight excluding hydrogens is 387 g/mol. The molecule has 5 rings (SSSR count). The number of fused-ring (bicyclic) bond motifs is 5. The van der Waals surface area contributed by atoms with E-state index in [4.69, 9.17) is 32.8 Å². The van der Waals surface area contributed by atoms with Crippen LogP contribution in [0, 0.1) is 0 Å². The molecule has 0 N–H and O–H groups in total. The van der Waals surface area contributed by atoms with Crippen LogP contribution in [-0.4, -0.2) is 32.3 Å². The summed E-state index contributed by atoms with van der Waals surface area (Å²) in [6.07, 6.45) is 4.41. The Labute approximate surface area is 165 Å². The fourth-order valence-corrected chi connectivity index (χ4v) is 4.18. The Morgan fingerprint density at radius 2 is 2.04 bits per heavy atom. The standard InChI is InChI=1S/C19H16Cl2N4O2/c20-14-4-3-11(8-15(14)21)19(26)24-7-5-16-13(10-24)17-18-12(9-22-27-18)2-1-6-25(17)23-16/h3-4,8-9H,1-2,5-7,10H2. The van der Waals surface area contributed by atoms with Gasteiger partial charge in [0, 0.05) is 36.2 Å². The van der Waals surface area contributed by atoms with Crippen molar-refractivity contribution in [3.8, 4) is 11.5 Å². The minimum atomic E-state index is -0.0643. The van der Waals surface area contributed by atoms with E-state index in [1.165, 1.54) is 0 Å². The highest BCUT2D eigenvalue weighted by molar-refractivity contribution is 6.42. The molecule has 4 heterocycles. The number of aromatic nitrogens is 3. The first-order chi connectivity index (χ1) is 13.1. The zero-order chi connectivity index (χ0) is 18.5. The van der Waals surface area contributed by atoms with Crippen LogP contribution in [0.5, 0.6) is 0 Å². The molecule has 2 aliphatic rings. The van der Waals surface area contributed by atoms with Crippen LogP contribution in [0.1, 0.15) is 33.6 Å². The maximum absolute atomic E-state index is 13.0. The molecule has 6 nitrogen and oxygen atoms in total. The normalized spacial score (nSPS) is 15.7. The molecule has 0 atom stereocenters. The minimum Gasteiger partial charge on any atom is -0.354 e. The zero-order valence-corrected chi connectivity index (χ0v) is 15.9. The molecular formula is C19H16Cl2N4O2. The predicted molar refractivity (Wildman–Crippen MR) is 101 cm³/mol. The van der Waals surface area contributed by atoms with Gasteiger partial charge in [0.15, 0.2) is 5.76 Å². The van der Waals surface area contributed by atoms with Crippen molar-refractivity contribution in [3.63, 3.8) is 0 Å². The number of carbonyl (C=O) groups is 1. The Balaban J connectivity index is 1.51. The fraction of sp³-hybridized carbons (Fsp3) is 0.316. The third kappa shape index (κ3) is 2.75. The molecule has 2 aliphatic heterocycles. The Morgan fingerprint density at radius 1 is 1.15 bits per heavy atom. The molecule has 1 amide bonds. The van der Waals surface area contributed by atoms with Crippen LogP contribution in [0.4, 0.5) is 0 Å². The average molecular weight is 403 g/mol. The van der Waals surface area contributed by atoms with Gasteiger partial charge in [-0.2, -0.15) is 5.10 Å². The summed E-state index contributed by atoms with van der Waals surface area (Å²) in [5.74, 6) is 0.718. The molecule has 27 heavy (non-hydrogen) atoms. The summed E-state index contributed by atoms with van der Waals surface area (Å²) in [7, 11) is 0. The number of nitrogens with zero attached hydrogens (tertiary/aromatic N) is 4. The summed E-state index contributed by atoms with van der Waals surface area (Å²) >= 11 is 12.1. The smallest absolute Gasteiger partial charge is 0.254 e. The predicted octanol–water partition coefficient (Wildman–Crippen LogP) is 3.99. The van der Waals surface area contributed by atoms with Crippen LogP contribution < -0.4 is 0 Å². The molecule has 0 bridgehead atoms. The van der Waals surface area contributed by atoms with E-state index < -0.39 is 0 Å². The van der Waals surface area contributed by atoms with Gasteiger partial charge >= 0.3 is 0 Å². The van der Waals surface area contributed by atoms with Gasteiger partial charge in [0.05, 0.1) is 28.5 Å². The van der Waals surface area contributed by atoms with E-state index in [1.807, 2.05) is 9.58 Å². The number of carbonyl (C=O) groups excluding carboxylic acids is 1. The fourth-order valence-electron chi connectivity index (χ4n) is 3.88. The van der Waals surface area contributed by atoms with Crippen molar-refractivity contribution in [3.05, 3.63) is 56.8 Å². The third-order valence-electron chi connectivity index (χ3n) is 5.23. The van der Waals surface area contributed by atoms with Crippen molar-refractivity contribution in [2.75, 3.05) is 6.54 Å². The lowest BCUT2D eigenvalue weighted by atomic mass is 10.0. The summed E-state index contributed by atoms with van der Waals surface area (Å²) in [6.45, 7) is 1.95. The first kappa shape index (κ1) is 16.8. The summed E-state index contributed by atoms with van der Waals surface area (Å²) in [5.41, 5.74) is 4.68. The van der Waals surface area contributed by atoms with E-state index >= 15 is 0 Å². The lowest BCUT2D eigenvalue weighted by Crippen LogP contribution is -2.35. The quantitative estimate of drug-likeness (QED) is 0.617. The summed E-state index contributed by atoms with van der Waals surface area (Å²) < 4.78 is 7.56. The van der Waals surface area contributed by atoms with Crippen molar-refractivity contribution in [2.45, 2.75) is 32.4 Å². The maximum Gasteiger partial charge on any atom is 0.254 e. The summed E-state index contributed by atoms with van der Waals surface area (Å²) in [5, 5.41) is 9.56. The van der Waals surface area contributed by atoms with Crippen LogP contribution >= 0.6 is 23.2 Å². The van der Waals surface area contributed by atoms with Crippen molar-refractivity contribution >= 4 is 29.1 Å². The molecule has 0 saturated heterocycles. The van der Waals surface area contributed by atoms with Gasteiger partial charge in [-0.25, -0.2) is 0 Å². The second-order valence-electron chi connectivity index (χ2n) is 6.89. The highest BCUT2D eigenvalue weighted by Gasteiger charge is 2.32.